The van der Waals surface area contributed by atoms with E-state index in [0.717, 1.165) is 31.3 Å². The van der Waals surface area contributed by atoms with E-state index in [-0.39, 0.29) is 11.0 Å². The van der Waals surface area contributed by atoms with Gasteiger partial charge in [0.1, 0.15) is 11.9 Å². The van der Waals surface area contributed by atoms with Crippen molar-refractivity contribution in [1.29, 1.82) is 0 Å². The van der Waals surface area contributed by atoms with Crippen molar-refractivity contribution in [1.82, 2.24) is 5.32 Å². The van der Waals surface area contributed by atoms with Gasteiger partial charge in [-0.1, -0.05) is 17.7 Å². The number of carbonyl (C=O) groups is 1. The first kappa shape index (κ1) is 19.0. The summed E-state index contributed by atoms with van der Waals surface area (Å²) in [5, 5.41) is 7.60. The van der Waals surface area contributed by atoms with Crippen molar-refractivity contribution >= 4 is 39.1 Å². The van der Waals surface area contributed by atoms with Gasteiger partial charge in [-0.15, -0.1) is 0 Å². The molecule has 1 fully saturated rings. The van der Waals surface area contributed by atoms with Crippen LogP contribution in [0.3, 0.4) is 0 Å². The van der Waals surface area contributed by atoms with Crippen LogP contribution in [0.5, 0.6) is 5.75 Å². The number of fused-ring (bicyclic) bond motifs is 1. The molecule has 0 spiro atoms. The lowest BCUT2D eigenvalue weighted by Crippen LogP contribution is -2.34. The molecule has 2 aromatic carbocycles. The van der Waals surface area contributed by atoms with Gasteiger partial charge in [0.05, 0.1) is 10.5 Å². The highest BCUT2D eigenvalue weighted by Gasteiger charge is 2.23. The van der Waals surface area contributed by atoms with Crippen LogP contribution in [0.1, 0.15) is 28.8 Å². The third-order valence-electron chi connectivity index (χ3n) is 4.77. The van der Waals surface area contributed by atoms with E-state index in [4.69, 9.17) is 16.3 Å². The first-order valence-corrected chi connectivity index (χ1v) is 10.9. The number of rotatable bonds is 4. The number of hydrogen-bond acceptors (Lipinski definition) is 5. The molecule has 0 aliphatic carbocycles. The Labute approximate surface area is 168 Å². The van der Waals surface area contributed by atoms with E-state index in [1.165, 1.54) is 12.1 Å². The van der Waals surface area contributed by atoms with Gasteiger partial charge in [0.25, 0.3) is 5.91 Å². The molecule has 8 heteroatoms. The highest BCUT2D eigenvalue weighted by molar-refractivity contribution is 7.94. The second kappa shape index (κ2) is 7.58. The van der Waals surface area contributed by atoms with Crippen LogP contribution in [0.25, 0.3) is 6.08 Å². The molecule has 6 nitrogen and oxygen atoms in total. The molecule has 2 heterocycles. The maximum atomic E-state index is 12.9. The molecule has 146 valence electrons. The average molecular weight is 419 g/mol. The van der Waals surface area contributed by atoms with Crippen LogP contribution in [0.15, 0.2) is 46.7 Å². The van der Waals surface area contributed by atoms with Crippen molar-refractivity contribution < 1.29 is 17.9 Å². The molecule has 2 aromatic rings. The second-order valence-electron chi connectivity index (χ2n) is 6.76. The average Bonchev–Trinajstić information content (AvgIpc) is 2.98. The van der Waals surface area contributed by atoms with Crippen LogP contribution in [0.4, 0.5) is 5.69 Å². The van der Waals surface area contributed by atoms with Gasteiger partial charge in [-0.05, 0) is 67.9 Å². The van der Waals surface area contributed by atoms with Crippen molar-refractivity contribution in [2.75, 3.05) is 18.4 Å². The number of anilines is 1. The van der Waals surface area contributed by atoms with Crippen molar-refractivity contribution in [2.24, 2.45) is 0 Å². The van der Waals surface area contributed by atoms with Gasteiger partial charge in [-0.3, -0.25) is 4.79 Å². The molecule has 0 aromatic heterocycles. The highest BCUT2D eigenvalue weighted by atomic mass is 35.5. The van der Waals surface area contributed by atoms with Crippen molar-refractivity contribution in [3.05, 3.63) is 58.0 Å². The SMILES string of the molecule is O=C(Nc1ccc2c(c1)S(=O)(=O)C=C2)c1cc(Cl)ccc1OC1CCNCC1. The minimum atomic E-state index is -3.45. The van der Waals surface area contributed by atoms with Gasteiger partial charge < -0.3 is 15.4 Å². The summed E-state index contributed by atoms with van der Waals surface area (Å²) in [6.07, 6.45) is 3.29. The molecule has 0 atom stereocenters. The Kier molecular flexibility index (Phi) is 5.14. The van der Waals surface area contributed by atoms with Gasteiger partial charge in [-0.2, -0.15) is 0 Å². The third kappa shape index (κ3) is 3.92. The topological polar surface area (TPSA) is 84.5 Å². The van der Waals surface area contributed by atoms with Crippen LogP contribution in [-0.4, -0.2) is 33.5 Å². The summed E-state index contributed by atoms with van der Waals surface area (Å²) in [7, 11) is -3.45. The Morgan fingerprint density at radius 3 is 2.71 bits per heavy atom. The van der Waals surface area contributed by atoms with Crippen molar-refractivity contribution in [3.8, 4) is 5.75 Å². The first-order chi connectivity index (χ1) is 13.4. The Bertz CT molecular complexity index is 1060. The summed E-state index contributed by atoms with van der Waals surface area (Å²) >= 11 is 6.09. The van der Waals surface area contributed by atoms with Crippen LogP contribution in [0, 0.1) is 0 Å². The Morgan fingerprint density at radius 1 is 1.14 bits per heavy atom. The summed E-state index contributed by atoms with van der Waals surface area (Å²) in [6, 6.07) is 9.72. The van der Waals surface area contributed by atoms with E-state index in [1.54, 1.807) is 30.3 Å². The van der Waals surface area contributed by atoms with Crippen LogP contribution in [-0.2, 0) is 9.84 Å². The molecule has 2 aliphatic heterocycles. The van der Waals surface area contributed by atoms with E-state index in [2.05, 4.69) is 10.6 Å². The predicted molar refractivity (Wildman–Crippen MR) is 109 cm³/mol. The number of sulfone groups is 1. The normalized spacial score (nSPS) is 17.9. The summed E-state index contributed by atoms with van der Waals surface area (Å²) in [4.78, 5) is 13.0. The highest BCUT2D eigenvalue weighted by Crippen LogP contribution is 2.30. The third-order valence-corrected chi connectivity index (χ3v) is 6.47. The zero-order valence-electron chi connectivity index (χ0n) is 14.9. The monoisotopic (exact) mass is 418 g/mol. The number of ether oxygens (including phenoxy) is 1. The fourth-order valence-electron chi connectivity index (χ4n) is 3.31. The van der Waals surface area contributed by atoms with Gasteiger partial charge in [0.2, 0.25) is 9.84 Å². The standard InChI is InChI=1S/C20H19ClN2O4S/c21-14-2-4-18(27-16-5-8-22-9-6-16)17(11-14)20(24)23-15-3-1-13-7-10-28(25,26)19(13)12-15/h1-4,7,10-12,16,22H,5-6,8-9H2,(H,23,24). The molecule has 2 aliphatic rings. The molecule has 28 heavy (non-hydrogen) atoms. The molecule has 0 radical (unpaired) electrons. The molecular weight excluding hydrogens is 400 g/mol. The Hall–Kier alpha value is -2.35. The largest absolute Gasteiger partial charge is 0.489 e. The number of nitrogens with one attached hydrogen (secondary N) is 2. The van der Waals surface area contributed by atoms with Crippen LogP contribution < -0.4 is 15.4 Å². The number of halogens is 1. The lowest BCUT2D eigenvalue weighted by atomic mass is 10.1. The smallest absolute Gasteiger partial charge is 0.259 e. The summed E-state index contributed by atoms with van der Waals surface area (Å²) in [5.74, 6) is 0.0546. The van der Waals surface area contributed by atoms with E-state index in [0.29, 0.717) is 27.6 Å². The van der Waals surface area contributed by atoms with Gasteiger partial charge in [0, 0.05) is 16.1 Å². The molecule has 0 saturated carbocycles. The zero-order chi connectivity index (χ0) is 19.7. The zero-order valence-corrected chi connectivity index (χ0v) is 16.5. The van der Waals surface area contributed by atoms with E-state index < -0.39 is 15.7 Å². The van der Waals surface area contributed by atoms with Crippen molar-refractivity contribution in [3.63, 3.8) is 0 Å². The van der Waals surface area contributed by atoms with Gasteiger partial charge in [0.15, 0.2) is 0 Å². The van der Waals surface area contributed by atoms with Gasteiger partial charge >= 0.3 is 0 Å². The molecular formula is C20H19ClN2O4S. The molecule has 0 unspecified atom stereocenters. The maximum Gasteiger partial charge on any atom is 0.259 e. The Balaban J connectivity index is 1.57. The number of hydrogen-bond donors (Lipinski definition) is 2. The second-order valence-corrected chi connectivity index (χ2v) is 9.00. The molecule has 4 rings (SSSR count). The fraction of sp³-hybridized carbons (Fsp3) is 0.250. The lowest BCUT2D eigenvalue weighted by molar-refractivity contribution is 0.101. The summed E-state index contributed by atoms with van der Waals surface area (Å²) < 4.78 is 30.1. The Morgan fingerprint density at radius 2 is 1.93 bits per heavy atom. The number of amides is 1. The van der Waals surface area contributed by atoms with E-state index in [1.807, 2.05) is 0 Å². The van der Waals surface area contributed by atoms with Gasteiger partial charge in [-0.25, -0.2) is 8.42 Å². The molecule has 1 saturated heterocycles. The predicted octanol–water partition coefficient (Wildman–Crippen LogP) is 3.48. The quantitative estimate of drug-likeness (QED) is 0.794. The van der Waals surface area contributed by atoms with E-state index in [9.17, 15) is 13.2 Å². The molecule has 2 N–H and O–H groups in total. The fourth-order valence-corrected chi connectivity index (χ4v) is 4.71. The molecule has 1 amide bonds. The minimum absolute atomic E-state index is 0.0326. The minimum Gasteiger partial charge on any atom is -0.489 e. The van der Waals surface area contributed by atoms with Crippen LogP contribution >= 0.6 is 11.6 Å². The number of carbonyl (C=O) groups excluding carboxylic acids is 1. The maximum absolute atomic E-state index is 12.9. The molecule has 0 bridgehead atoms. The van der Waals surface area contributed by atoms with Crippen LogP contribution in [0.2, 0.25) is 5.02 Å². The lowest BCUT2D eigenvalue weighted by Gasteiger charge is -2.25. The summed E-state index contributed by atoms with van der Waals surface area (Å²) in [6.45, 7) is 1.74. The first-order valence-electron chi connectivity index (χ1n) is 8.98. The number of piperidine rings is 1. The van der Waals surface area contributed by atoms with Crippen molar-refractivity contribution in [2.45, 2.75) is 23.8 Å². The number of benzene rings is 2. The van der Waals surface area contributed by atoms with E-state index >= 15 is 0 Å². The summed E-state index contributed by atoms with van der Waals surface area (Å²) in [5.41, 5.74) is 1.31.